The van der Waals surface area contributed by atoms with Crippen LogP contribution in [-0.2, 0) is 4.43 Å². The zero-order chi connectivity index (χ0) is 18.5. The number of rotatable bonds is 10. The van der Waals surface area contributed by atoms with Crippen molar-refractivity contribution >= 4 is 22.6 Å². The number of hydrogen-bond donors (Lipinski definition) is 1. The quantitative estimate of drug-likeness (QED) is 0.384. The molecular weight excluding hydrogens is 338 g/mol. The topological polar surface area (TPSA) is 21.3 Å². The molecule has 0 fully saturated rings. The Hall–Kier alpha value is -0.846. The number of benzene rings is 1. The lowest BCUT2D eigenvalue weighted by Crippen LogP contribution is -2.51. The summed E-state index contributed by atoms with van der Waals surface area (Å²) in [6, 6.07) is 10.1. The molecule has 1 aromatic rings. The molecule has 0 aromatic heterocycles. The highest BCUT2D eigenvalue weighted by Gasteiger charge is 2.42. The van der Waals surface area contributed by atoms with Crippen LogP contribution < -0.4 is 4.98 Å². The lowest BCUT2D eigenvalue weighted by atomic mass is 10.1. The summed E-state index contributed by atoms with van der Waals surface area (Å²) in [4.78, 5) is 3.94. The van der Waals surface area contributed by atoms with E-state index in [1.54, 1.807) is 0 Å². The molecule has 1 N–H and O–H groups in total. The average Bonchev–Trinajstić information content (AvgIpc) is 2.90. The number of fused-ring (bicyclic) bond motifs is 1. The summed E-state index contributed by atoms with van der Waals surface area (Å²) in [6.07, 6.45) is 7.36. The second kappa shape index (κ2) is 8.69. The molecule has 0 aliphatic heterocycles. The van der Waals surface area contributed by atoms with Gasteiger partial charge in [-0.3, -0.25) is 0 Å². The van der Waals surface area contributed by atoms with Gasteiger partial charge in [0.2, 0.25) is 8.32 Å². The first-order valence-electron chi connectivity index (χ1n) is 10.1. The maximum absolute atomic E-state index is 6.78. The highest BCUT2D eigenvalue weighted by atomic mass is 28.4. The number of hydrogen-bond acceptors (Lipinski definition) is 2. The van der Waals surface area contributed by atoms with Gasteiger partial charge < -0.3 is 9.41 Å². The van der Waals surface area contributed by atoms with Crippen LogP contribution in [0.3, 0.4) is 0 Å². The van der Waals surface area contributed by atoms with E-state index in [1.165, 1.54) is 48.6 Å². The smallest absolute Gasteiger partial charge is 0.244 e. The van der Waals surface area contributed by atoms with E-state index in [-0.39, 0.29) is 0 Å². The molecular formula is C21H37NOSi2. The fourth-order valence-corrected chi connectivity index (χ4v) is 8.95. The van der Waals surface area contributed by atoms with Gasteiger partial charge in [0.1, 0.15) is 8.24 Å². The van der Waals surface area contributed by atoms with E-state index in [4.69, 9.17) is 4.43 Å². The van der Waals surface area contributed by atoms with Gasteiger partial charge in [-0.1, -0.05) is 70.5 Å². The van der Waals surface area contributed by atoms with Crippen LogP contribution in [0.1, 0.15) is 56.2 Å². The Labute approximate surface area is 157 Å². The molecule has 1 unspecified atom stereocenters. The van der Waals surface area contributed by atoms with Gasteiger partial charge in [0.05, 0.1) is 5.76 Å². The van der Waals surface area contributed by atoms with Crippen LogP contribution in [0.4, 0.5) is 0 Å². The summed E-state index contributed by atoms with van der Waals surface area (Å²) >= 11 is 0. The van der Waals surface area contributed by atoms with E-state index in [0.717, 1.165) is 6.54 Å². The third-order valence-corrected chi connectivity index (χ3v) is 10.8. The first-order chi connectivity index (χ1) is 11.8. The lowest BCUT2D eigenvalue weighted by Gasteiger charge is -2.36. The molecule has 1 atom stereocenters. The van der Waals surface area contributed by atoms with E-state index >= 15 is 0 Å². The number of allylic oxidation sites excluding steroid dienone is 1. The van der Waals surface area contributed by atoms with Crippen molar-refractivity contribution in [3.8, 4) is 0 Å². The van der Waals surface area contributed by atoms with Crippen molar-refractivity contribution in [2.75, 3.05) is 6.54 Å². The maximum Gasteiger partial charge on any atom is 0.244 e. The second-order valence-corrected chi connectivity index (χ2v) is 17.2. The predicted octanol–water partition coefficient (Wildman–Crippen LogP) is 6.28. The fraction of sp³-hybridized carbons (Fsp3) is 0.619. The highest BCUT2D eigenvalue weighted by molar-refractivity contribution is 6.77. The third-order valence-electron chi connectivity index (χ3n) is 5.25. The van der Waals surface area contributed by atoms with Gasteiger partial charge in [-0.25, -0.2) is 0 Å². The Morgan fingerprint density at radius 2 is 1.68 bits per heavy atom. The molecule has 1 aliphatic carbocycles. The zero-order valence-corrected chi connectivity index (χ0v) is 19.1. The van der Waals surface area contributed by atoms with Gasteiger partial charge in [0.25, 0.3) is 0 Å². The lowest BCUT2D eigenvalue weighted by molar-refractivity contribution is 0.401. The summed E-state index contributed by atoms with van der Waals surface area (Å²) in [5.41, 5.74) is 3.27. The minimum absolute atomic E-state index is 0.439. The van der Waals surface area contributed by atoms with Crippen molar-refractivity contribution in [1.29, 1.82) is 0 Å². The fourth-order valence-electron chi connectivity index (χ4n) is 3.79. The first kappa shape index (κ1) is 20.5. The van der Waals surface area contributed by atoms with Gasteiger partial charge in [-0.05, 0) is 49.3 Å². The molecule has 0 amide bonds. The van der Waals surface area contributed by atoms with E-state index < -0.39 is 16.6 Å². The summed E-state index contributed by atoms with van der Waals surface area (Å²) in [6.45, 7) is 15.3. The van der Waals surface area contributed by atoms with Gasteiger partial charge in [0, 0.05) is 5.54 Å². The van der Waals surface area contributed by atoms with Crippen LogP contribution >= 0.6 is 0 Å². The molecule has 4 heteroatoms. The Balaban J connectivity index is 2.25. The Kier molecular flexibility index (Phi) is 7.12. The monoisotopic (exact) mass is 375 g/mol. The van der Waals surface area contributed by atoms with Gasteiger partial charge >= 0.3 is 0 Å². The van der Waals surface area contributed by atoms with Crippen molar-refractivity contribution < 1.29 is 4.43 Å². The molecule has 2 rings (SSSR count). The minimum atomic E-state index is -1.67. The molecule has 140 valence electrons. The Morgan fingerprint density at radius 1 is 1.00 bits per heavy atom. The molecule has 1 aliphatic rings. The summed E-state index contributed by atoms with van der Waals surface area (Å²) < 4.78 is 6.78. The normalized spacial score (nSPS) is 17.4. The van der Waals surface area contributed by atoms with Crippen molar-refractivity contribution in [2.24, 2.45) is 0 Å². The maximum atomic E-state index is 6.78. The predicted molar refractivity (Wildman–Crippen MR) is 116 cm³/mol. The molecule has 2 nitrogen and oxygen atoms in total. The summed E-state index contributed by atoms with van der Waals surface area (Å²) in [5.74, 6) is 1.25. The zero-order valence-electron chi connectivity index (χ0n) is 17.1. The minimum Gasteiger partial charge on any atom is -0.547 e. The van der Waals surface area contributed by atoms with Crippen molar-refractivity contribution in [3.05, 3.63) is 41.2 Å². The van der Waals surface area contributed by atoms with E-state index in [1.807, 2.05) is 0 Å². The van der Waals surface area contributed by atoms with Gasteiger partial charge in [0.15, 0.2) is 0 Å². The van der Waals surface area contributed by atoms with Crippen LogP contribution in [0.2, 0.25) is 32.2 Å². The molecule has 25 heavy (non-hydrogen) atoms. The molecule has 0 spiro atoms. The van der Waals surface area contributed by atoms with Crippen LogP contribution in [0, 0.1) is 0 Å². The molecule has 0 bridgehead atoms. The SMILES string of the molecule is CCCCN[Si](C)(C)C1C(O[Si](C)(C)CCCC)=Cc2ccccc21. The third kappa shape index (κ3) is 5.31. The number of unbranched alkanes of at least 4 members (excludes halogenated alkanes) is 2. The van der Waals surface area contributed by atoms with Gasteiger partial charge in [-0.15, -0.1) is 0 Å². The molecule has 0 radical (unpaired) electrons. The molecule has 0 saturated heterocycles. The first-order valence-corrected chi connectivity index (χ1v) is 16.2. The van der Waals surface area contributed by atoms with Crippen molar-refractivity contribution in [3.63, 3.8) is 0 Å². The highest BCUT2D eigenvalue weighted by Crippen LogP contribution is 2.43. The largest absolute Gasteiger partial charge is 0.547 e. The van der Waals surface area contributed by atoms with E-state index in [2.05, 4.69) is 75.4 Å². The van der Waals surface area contributed by atoms with Crippen LogP contribution in [0.15, 0.2) is 30.0 Å². The molecule has 1 aromatic carbocycles. The van der Waals surface area contributed by atoms with Crippen LogP contribution in [0.5, 0.6) is 0 Å². The van der Waals surface area contributed by atoms with Crippen molar-refractivity contribution in [1.82, 2.24) is 4.98 Å². The molecule has 0 heterocycles. The van der Waals surface area contributed by atoms with Crippen molar-refractivity contribution in [2.45, 2.75) is 77.3 Å². The summed E-state index contributed by atoms with van der Waals surface area (Å²) in [5, 5.41) is 0. The average molecular weight is 376 g/mol. The number of nitrogens with one attached hydrogen (secondary N) is 1. The van der Waals surface area contributed by atoms with E-state index in [9.17, 15) is 0 Å². The van der Waals surface area contributed by atoms with E-state index in [0.29, 0.717) is 5.54 Å². The van der Waals surface area contributed by atoms with Crippen LogP contribution in [-0.4, -0.2) is 23.1 Å². The molecule has 0 saturated carbocycles. The standard InChI is InChI=1S/C21H37NOSi2/c1-7-9-15-22-25(5,6)21-19-14-12-11-13-18(19)17-20(21)23-24(3,4)16-10-8-2/h11-14,17,21-22H,7-10,15-16H2,1-6H3. The second-order valence-electron chi connectivity index (χ2n) is 8.58. The Bertz CT molecular complexity index is 595. The van der Waals surface area contributed by atoms with Gasteiger partial charge in [-0.2, -0.15) is 0 Å². The summed E-state index contributed by atoms with van der Waals surface area (Å²) in [7, 11) is -3.33. The van der Waals surface area contributed by atoms with Crippen LogP contribution in [0.25, 0.3) is 6.08 Å². The Morgan fingerprint density at radius 3 is 2.36 bits per heavy atom.